The van der Waals surface area contributed by atoms with Crippen molar-refractivity contribution in [2.45, 2.75) is 52.2 Å². The van der Waals surface area contributed by atoms with Crippen molar-refractivity contribution in [2.75, 3.05) is 13.2 Å². The van der Waals surface area contributed by atoms with Gasteiger partial charge in [0.25, 0.3) is 0 Å². The first kappa shape index (κ1) is 15.3. The van der Waals surface area contributed by atoms with Gasteiger partial charge in [-0.05, 0) is 56.2 Å². The van der Waals surface area contributed by atoms with E-state index in [4.69, 9.17) is 15.2 Å². The van der Waals surface area contributed by atoms with E-state index in [1.807, 2.05) is 6.92 Å². The van der Waals surface area contributed by atoms with Crippen molar-refractivity contribution in [3.05, 3.63) is 29.3 Å². The van der Waals surface area contributed by atoms with Crippen molar-refractivity contribution in [1.82, 2.24) is 0 Å². The van der Waals surface area contributed by atoms with Gasteiger partial charge in [-0.25, -0.2) is 0 Å². The summed E-state index contributed by atoms with van der Waals surface area (Å²) in [6, 6.07) is 6.53. The van der Waals surface area contributed by atoms with Gasteiger partial charge in [0.1, 0.15) is 5.75 Å². The molecule has 112 valence electrons. The van der Waals surface area contributed by atoms with Crippen LogP contribution >= 0.6 is 0 Å². The number of hydrogen-bond acceptors (Lipinski definition) is 3. The fourth-order valence-corrected chi connectivity index (χ4v) is 2.22. The second kappa shape index (κ2) is 7.65. The summed E-state index contributed by atoms with van der Waals surface area (Å²) >= 11 is 0. The summed E-state index contributed by atoms with van der Waals surface area (Å²) in [6.07, 6.45) is 4.56. The number of ether oxygens (including phenoxy) is 2. The molecule has 1 aromatic carbocycles. The number of rotatable bonds is 9. The zero-order chi connectivity index (χ0) is 14.4. The standard InChI is InChI=1S/C17H27NO2/c1-3-8-20-17-7-6-15(9-13(2)18)10-16(17)12-19-11-14-4-5-14/h6-7,10,13-14H,3-5,8-9,11-12,18H2,1-2H3. The lowest BCUT2D eigenvalue weighted by atomic mass is 10.0. The maximum Gasteiger partial charge on any atom is 0.124 e. The molecule has 1 atom stereocenters. The normalized spacial score (nSPS) is 16.1. The highest BCUT2D eigenvalue weighted by molar-refractivity contribution is 5.37. The van der Waals surface area contributed by atoms with Gasteiger partial charge in [0.15, 0.2) is 0 Å². The third kappa shape index (κ3) is 5.14. The second-order valence-electron chi connectivity index (χ2n) is 5.93. The molecule has 0 spiro atoms. The molecule has 3 nitrogen and oxygen atoms in total. The molecule has 0 bridgehead atoms. The molecular formula is C17H27NO2. The Kier molecular flexibility index (Phi) is 5.86. The Morgan fingerprint density at radius 3 is 2.80 bits per heavy atom. The number of benzene rings is 1. The van der Waals surface area contributed by atoms with Crippen LogP contribution in [0.1, 0.15) is 44.2 Å². The Morgan fingerprint density at radius 1 is 1.35 bits per heavy atom. The van der Waals surface area contributed by atoms with Gasteiger partial charge in [0.05, 0.1) is 13.2 Å². The van der Waals surface area contributed by atoms with E-state index in [1.54, 1.807) is 0 Å². The summed E-state index contributed by atoms with van der Waals surface area (Å²) in [5.74, 6) is 1.75. The zero-order valence-corrected chi connectivity index (χ0v) is 12.7. The lowest BCUT2D eigenvalue weighted by Gasteiger charge is -2.14. The smallest absolute Gasteiger partial charge is 0.124 e. The summed E-state index contributed by atoms with van der Waals surface area (Å²) in [7, 11) is 0. The Balaban J connectivity index is 1.99. The van der Waals surface area contributed by atoms with Gasteiger partial charge in [0, 0.05) is 18.2 Å². The molecule has 1 fully saturated rings. The minimum absolute atomic E-state index is 0.178. The van der Waals surface area contributed by atoms with E-state index in [1.165, 1.54) is 18.4 Å². The maximum atomic E-state index is 5.88. The molecule has 1 aromatic rings. The molecule has 0 radical (unpaired) electrons. The van der Waals surface area contributed by atoms with E-state index in [0.29, 0.717) is 6.61 Å². The molecule has 0 heterocycles. The average Bonchev–Trinajstić information content (AvgIpc) is 3.21. The van der Waals surface area contributed by atoms with Crippen LogP contribution in [-0.4, -0.2) is 19.3 Å². The highest BCUT2D eigenvalue weighted by atomic mass is 16.5. The Labute approximate surface area is 122 Å². The lowest BCUT2D eigenvalue weighted by molar-refractivity contribution is 0.109. The minimum atomic E-state index is 0.178. The molecule has 1 unspecified atom stereocenters. The quantitative estimate of drug-likeness (QED) is 0.753. The summed E-state index contributed by atoms with van der Waals surface area (Å²) in [6.45, 7) is 6.42. The highest BCUT2D eigenvalue weighted by Gasteiger charge is 2.21. The SMILES string of the molecule is CCCOc1ccc(CC(C)N)cc1COCC1CC1. The molecule has 2 rings (SSSR count). The molecule has 2 N–H and O–H groups in total. The fraction of sp³-hybridized carbons (Fsp3) is 0.647. The topological polar surface area (TPSA) is 44.5 Å². The van der Waals surface area contributed by atoms with Crippen molar-refractivity contribution < 1.29 is 9.47 Å². The number of hydrogen-bond donors (Lipinski definition) is 1. The van der Waals surface area contributed by atoms with Crippen molar-refractivity contribution in [3.8, 4) is 5.75 Å². The van der Waals surface area contributed by atoms with Gasteiger partial charge >= 0.3 is 0 Å². The van der Waals surface area contributed by atoms with Gasteiger partial charge in [0.2, 0.25) is 0 Å². The third-order valence-electron chi connectivity index (χ3n) is 3.45. The molecule has 0 saturated heterocycles. The summed E-state index contributed by atoms with van der Waals surface area (Å²) < 4.78 is 11.6. The molecule has 0 aliphatic heterocycles. The van der Waals surface area contributed by atoms with Crippen molar-refractivity contribution in [1.29, 1.82) is 0 Å². The molecular weight excluding hydrogens is 250 g/mol. The summed E-state index contributed by atoms with van der Waals surface area (Å²) in [4.78, 5) is 0. The van der Waals surface area contributed by atoms with Crippen LogP contribution in [0.2, 0.25) is 0 Å². The minimum Gasteiger partial charge on any atom is -0.493 e. The number of nitrogens with two attached hydrogens (primary N) is 1. The van der Waals surface area contributed by atoms with Crippen LogP contribution in [0, 0.1) is 5.92 Å². The van der Waals surface area contributed by atoms with Crippen molar-refractivity contribution >= 4 is 0 Å². The summed E-state index contributed by atoms with van der Waals surface area (Å²) in [5.41, 5.74) is 8.29. The van der Waals surface area contributed by atoms with E-state index in [2.05, 4.69) is 25.1 Å². The van der Waals surface area contributed by atoms with Crippen LogP contribution in [-0.2, 0) is 17.8 Å². The van der Waals surface area contributed by atoms with Gasteiger partial charge in [-0.3, -0.25) is 0 Å². The lowest BCUT2D eigenvalue weighted by Crippen LogP contribution is -2.18. The van der Waals surface area contributed by atoms with E-state index in [9.17, 15) is 0 Å². The first-order valence-corrected chi connectivity index (χ1v) is 7.77. The molecule has 0 amide bonds. The molecule has 0 aromatic heterocycles. The highest BCUT2D eigenvalue weighted by Crippen LogP contribution is 2.30. The van der Waals surface area contributed by atoms with Crippen molar-refractivity contribution in [3.63, 3.8) is 0 Å². The molecule has 3 heteroatoms. The van der Waals surface area contributed by atoms with Gasteiger partial charge in [-0.15, -0.1) is 0 Å². The van der Waals surface area contributed by atoms with E-state index < -0.39 is 0 Å². The molecule has 1 aliphatic carbocycles. The predicted molar refractivity (Wildman–Crippen MR) is 82.0 cm³/mol. The third-order valence-corrected chi connectivity index (χ3v) is 3.45. The van der Waals surface area contributed by atoms with Crippen LogP contribution in [0.3, 0.4) is 0 Å². The van der Waals surface area contributed by atoms with Crippen molar-refractivity contribution in [2.24, 2.45) is 11.7 Å². The van der Waals surface area contributed by atoms with Gasteiger partial charge in [-0.2, -0.15) is 0 Å². The summed E-state index contributed by atoms with van der Waals surface area (Å²) in [5, 5.41) is 0. The molecule has 1 aliphatic rings. The maximum absolute atomic E-state index is 5.88. The van der Waals surface area contributed by atoms with E-state index in [0.717, 1.165) is 43.3 Å². The zero-order valence-electron chi connectivity index (χ0n) is 12.7. The van der Waals surface area contributed by atoms with Crippen LogP contribution < -0.4 is 10.5 Å². The van der Waals surface area contributed by atoms with Crippen LogP contribution in [0.4, 0.5) is 0 Å². The van der Waals surface area contributed by atoms with E-state index >= 15 is 0 Å². The largest absolute Gasteiger partial charge is 0.493 e. The van der Waals surface area contributed by atoms with Gasteiger partial charge in [-0.1, -0.05) is 13.0 Å². The fourth-order valence-electron chi connectivity index (χ4n) is 2.22. The van der Waals surface area contributed by atoms with Gasteiger partial charge < -0.3 is 15.2 Å². The average molecular weight is 277 g/mol. The second-order valence-corrected chi connectivity index (χ2v) is 5.93. The van der Waals surface area contributed by atoms with E-state index in [-0.39, 0.29) is 6.04 Å². The molecule has 20 heavy (non-hydrogen) atoms. The van der Waals surface area contributed by atoms with Crippen LogP contribution in [0.5, 0.6) is 5.75 Å². The van der Waals surface area contributed by atoms with Crippen LogP contribution in [0.25, 0.3) is 0 Å². The van der Waals surface area contributed by atoms with Crippen LogP contribution in [0.15, 0.2) is 18.2 Å². The first-order valence-electron chi connectivity index (χ1n) is 7.77. The molecule has 1 saturated carbocycles. The first-order chi connectivity index (χ1) is 9.69. The predicted octanol–water partition coefficient (Wildman–Crippen LogP) is 3.29. The Bertz CT molecular complexity index is 413. The Morgan fingerprint density at radius 2 is 2.15 bits per heavy atom. The monoisotopic (exact) mass is 277 g/mol. The Hall–Kier alpha value is -1.06.